The number of hydrogen-bond donors (Lipinski definition) is 2. The molecule has 5 nitrogen and oxygen atoms in total. The van der Waals surface area contributed by atoms with Crippen molar-refractivity contribution in [3.63, 3.8) is 0 Å². The van der Waals surface area contributed by atoms with E-state index in [1.807, 2.05) is 24.3 Å². The molecule has 1 aliphatic rings. The van der Waals surface area contributed by atoms with Gasteiger partial charge in [-0.15, -0.1) is 0 Å². The van der Waals surface area contributed by atoms with E-state index in [9.17, 15) is 14.0 Å². The lowest BCUT2D eigenvalue weighted by Crippen LogP contribution is -2.15. The van der Waals surface area contributed by atoms with Gasteiger partial charge in [0, 0.05) is 29.6 Å². The van der Waals surface area contributed by atoms with Crippen molar-refractivity contribution in [2.75, 3.05) is 10.6 Å². The molecule has 0 unspecified atom stereocenters. The number of rotatable bonds is 4. The number of aromatic nitrogens is 1. The maximum absolute atomic E-state index is 14.2. The number of anilines is 2. The number of para-hydroxylation sites is 1. The monoisotopic (exact) mass is 363 g/mol. The van der Waals surface area contributed by atoms with E-state index in [2.05, 4.69) is 15.6 Å². The number of carbonyl (C=O) groups excluding carboxylic acids is 2. The van der Waals surface area contributed by atoms with Gasteiger partial charge in [-0.05, 0) is 43.2 Å². The van der Waals surface area contributed by atoms with Crippen molar-refractivity contribution in [3.05, 3.63) is 65.6 Å². The highest BCUT2D eigenvalue weighted by atomic mass is 19.1. The summed E-state index contributed by atoms with van der Waals surface area (Å²) in [6, 6.07) is 13.3. The van der Waals surface area contributed by atoms with Gasteiger partial charge in [0.2, 0.25) is 5.91 Å². The van der Waals surface area contributed by atoms with E-state index < -0.39 is 11.7 Å². The van der Waals surface area contributed by atoms with Gasteiger partial charge < -0.3 is 10.6 Å². The molecule has 136 valence electrons. The summed E-state index contributed by atoms with van der Waals surface area (Å²) in [5.74, 6) is -0.860. The first-order chi connectivity index (χ1) is 13.0. The van der Waals surface area contributed by atoms with Crippen molar-refractivity contribution in [3.8, 4) is 0 Å². The number of benzene rings is 2. The first-order valence-corrected chi connectivity index (χ1v) is 8.79. The van der Waals surface area contributed by atoms with Crippen LogP contribution in [0.25, 0.3) is 10.9 Å². The molecule has 4 rings (SSSR count). The van der Waals surface area contributed by atoms with Crippen molar-refractivity contribution >= 4 is 34.1 Å². The van der Waals surface area contributed by atoms with Gasteiger partial charge in [-0.3, -0.25) is 14.6 Å². The van der Waals surface area contributed by atoms with Crippen LogP contribution in [0.2, 0.25) is 0 Å². The average molecular weight is 363 g/mol. The highest BCUT2D eigenvalue weighted by Gasteiger charge is 2.27. The summed E-state index contributed by atoms with van der Waals surface area (Å²) in [4.78, 5) is 28.8. The van der Waals surface area contributed by atoms with Crippen LogP contribution in [-0.4, -0.2) is 16.8 Å². The predicted octanol–water partition coefficient (Wildman–Crippen LogP) is 4.46. The Morgan fingerprint density at radius 3 is 2.59 bits per heavy atom. The standard InChI is InChI=1S/C21H18FN3O2/c1-12(26)23-14-8-9-17(22)20(10-14)25-21(27)16-11-19(13-6-7-13)24-18-5-3-2-4-15(16)18/h2-5,8-11,13H,6-7H2,1H3,(H,23,26)(H,25,27). The summed E-state index contributed by atoms with van der Waals surface area (Å²) in [5, 5.41) is 5.93. The van der Waals surface area contributed by atoms with Gasteiger partial charge in [0.15, 0.2) is 0 Å². The highest BCUT2D eigenvalue weighted by Crippen LogP contribution is 2.40. The number of hydrogen-bond acceptors (Lipinski definition) is 3. The Morgan fingerprint density at radius 2 is 1.85 bits per heavy atom. The van der Waals surface area contributed by atoms with E-state index in [1.165, 1.54) is 25.1 Å². The van der Waals surface area contributed by atoms with Crippen LogP contribution in [0.3, 0.4) is 0 Å². The van der Waals surface area contributed by atoms with E-state index >= 15 is 0 Å². The number of pyridine rings is 1. The number of amides is 2. The van der Waals surface area contributed by atoms with Gasteiger partial charge in [-0.1, -0.05) is 18.2 Å². The van der Waals surface area contributed by atoms with Gasteiger partial charge in [0.25, 0.3) is 5.91 Å². The maximum atomic E-state index is 14.2. The SMILES string of the molecule is CC(=O)Nc1ccc(F)c(NC(=O)c2cc(C3CC3)nc3ccccc23)c1. The second kappa shape index (κ2) is 6.79. The fourth-order valence-electron chi connectivity index (χ4n) is 3.06. The van der Waals surface area contributed by atoms with E-state index in [0.717, 1.165) is 29.4 Å². The van der Waals surface area contributed by atoms with Crippen LogP contribution in [0.5, 0.6) is 0 Å². The number of carbonyl (C=O) groups is 2. The van der Waals surface area contributed by atoms with E-state index in [1.54, 1.807) is 6.07 Å². The van der Waals surface area contributed by atoms with Gasteiger partial charge in [-0.25, -0.2) is 4.39 Å². The molecular weight excluding hydrogens is 345 g/mol. The van der Waals surface area contributed by atoms with Crippen LogP contribution in [0.15, 0.2) is 48.5 Å². The van der Waals surface area contributed by atoms with Crippen molar-refractivity contribution in [1.82, 2.24) is 4.98 Å². The average Bonchev–Trinajstić information content (AvgIpc) is 3.48. The Balaban J connectivity index is 1.70. The fraction of sp³-hybridized carbons (Fsp3) is 0.190. The molecule has 2 N–H and O–H groups in total. The van der Waals surface area contributed by atoms with Crippen LogP contribution in [-0.2, 0) is 4.79 Å². The number of nitrogens with zero attached hydrogens (tertiary/aromatic N) is 1. The van der Waals surface area contributed by atoms with E-state index in [4.69, 9.17) is 0 Å². The van der Waals surface area contributed by atoms with Crippen molar-refractivity contribution in [2.45, 2.75) is 25.7 Å². The minimum absolute atomic E-state index is 0.0140. The van der Waals surface area contributed by atoms with E-state index in [0.29, 0.717) is 17.2 Å². The normalized spacial score (nSPS) is 13.4. The minimum Gasteiger partial charge on any atom is -0.326 e. The zero-order valence-electron chi connectivity index (χ0n) is 14.8. The summed E-state index contributed by atoms with van der Waals surface area (Å²) in [6.07, 6.45) is 2.14. The lowest BCUT2D eigenvalue weighted by Gasteiger charge is -2.12. The molecular formula is C21H18FN3O2. The number of fused-ring (bicyclic) bond motifs is 1. The lowest BCUT2D eigenvalue weighted by atomic mass is 10.1. The van der Waals surface area contributed by atoms with Crippen molar-refractivity contribution in [2.24, 2.45) is 0 Å². The summed E-state index contributed by atoms with van der Waals surface area (Å²) in [7, 11) is 0. The van der Waals surface area contributed by atoms with Crippen molar-refractivity contribution < 1.29 is 14.0 Å². The third kappa shape index (κ3) is 3.65. The maximum Gasteiger partial charge on any atom is 0.256 e. The molecule has 1 fully saturated rings. The summed E-state index contributed by atoms with van der Waals surface area (Å²) in [5.41, 5.74) is 2.54. The van der Waals surface area contributed by atoms with Crippen LogP contribution < -0.4 is 10.6 Å². The van der Waals surface area contributed by atoms with Gasteiger partial charge in [0.1, 0.15) is 5.82 Å². The fourth-order valence-corrected chi connectivity index (χ4v) is 3.06. The topological polar surface area (TPSA) is 71.1 Å². The third-order valence-electron chi connectivity index (χ3n) is 4.51. The predicted molar refractivity (Wildman–Crippen MR) is 102 cm³/mol. The van der Waals surface area contributed by atoms with Gasteiger partial charge >= 0.3 is 0 Å². The molecule has 2 aromatic carbocycles. The molecule has 0 saturated heterocycles. The molecule has 1 aromatic heterocycles. The third-order valence-corrected chi connectivity index (χ3v) is 4.51. The Kier molecular flexibility index (Phi) is 4.32. The zero-order valence-corrected chi connectivity index (χ0v) is 14.8. The summed E-state index contributed by atoms with van der Waals surface area (Å²) in [6.45, 7) is 1.37. The second-order valence-corrected chi connectivity index (χ2v) is 6.72. The van der Waals surface area contributed by atoms with Crippen LogP contribution >= 0.6 is 0 Å². The Morgan fingerprint density at radius 1 is 1.07 bits per heavy atom. The zero-order chi connectivity index (χ0) is 19.0. The number of nitrogens with one attached hydrogen (secondary N) is 2. The molecule has 0 aliphatic heterocycles. The van der Waals surface area contributed by atoms with E-state index in [-0.39, 0.29) is 11.6 Å². The Hall–Kier alpha value is -3.28. The first kappa shape index (κ1) is 17.1. The quantitative estimate of drug-likeness (QED) is 0.719. The minimum atomic E-state index is -0.571. The Labute approximate surface area is 155 Å². The first-order valence-electron chi connectivity index (χ1n) is 8.79. The highest BCUT2D eigenvalue weighted by molar-refractivity contribution is 6.12. The Bertz CT molecular complexity index is 1060. The van der Waals surface area contributed by atoms with Crippen molar-refractivity contribution in [1.29, 1.82) is 0 Å². The molecule has 0 atom stereocenters. The lowest BCUT2D eigenvalue weighted by molar-refractivity contribution is -0.114. The second-order valence-electron chi connectivity index (χ2n) is 6.72. The van der Waals surface area contributed by atoms with Gasteiger partial charge in [-0.2, -0.15) is 0 Å². The molecule has 1 aliphatic carbocycles. The number of halogens is 1. The molecule has 1 heterocycles. The molecule has 27 heavy (non-hydrogen) atoms. The molecule has 0 radical (unpaired) electrons. The van der Waals surface area contributed by atoms with Crippen LogP contribution in [0, 0.1) is 5.82 Å². The van der Waals surface area contributed by atoms with Gasteiger partial charge in [0.05, 0.1) is 16.8 Å². The van der Waals surface area contributed by atoms with Crippen LogP contribution in [0.1, 0.15) is 41.7 Å². The van der Waals surface area contributed by atoms with Crippen LogP contribution in [0.4, 0.5) is 15.8 Å². The summed E-state index contributed by atoms with van der Waals surface area (Å²) >= 11 is 0. The molecule has 0 spiro atoms. The molecule has 6 heteroatoms. The smallest absolute Gasteiger partial charge is 0.256 e. The molecule has 0 bridgehead atoms. The largest absolute Gasteiger partial charge is 0.326 e. The molecule has 2 amide bonds. The summed E-state index contributed by atoms with van der Waals surface area (Å²) < 4.78 is 14.2. The molecule has 1 saturated carbocycles. The molecule has 3 aromatic rings.